The zero-order valence-corrected chi connectivity index (χ0v) is 11.4. The average molecular weight is 240 g/mol. The van der Waals surface area contributed by atoms with Crippen molar-refractivity contribution in [2.24, 2.45) is 5.41 Å². The molecule has 1 aliphatic heterocycles. The molecular formula is C14H28N2O. The third kappa shape index (κ3) is 3.21. The Balaban J connectivity index is 1.80. The summed E-state index contributed by atoms with van der Waals surface area (Å²) in [7, 11) is 2.20. The minimum absolute atomic E-state index is 0.183. The minimum Gasteiger partial charge on any atom is -0.396 e. The largest absolute Gasteiger partial charge is 0.396 e. The Labute approximate surface area is 106 Å². The Hall–Kier alpha value is -0.120. The monoisotopic (exact) mass is 240 g/mol. The van der Waals surface area contributed by atoms with Crippen LogP contribution < -0.4 is 5.32 Å². The molecule has 1 heterocycles. The van der Waals surface area contributed by atoms with Gasteiger partial charge < -0.3 is 15.3 Å². The number of likely N-dealkylation sites (tertiary alicyclic amines) is 1. The van der Waals surface area contributed by atoms with Crippen molar-refractivity contribution in [1.29, 1.82) is 0 Å². The van der Waals surface area contributed by atoms with Gasteiger partial charge in [-0.25, -0.2) is 0 Å². The second-order valence-electron chi connectivity index (χ2n) is 6.32. The fraction of sp³-hybridized carbons (Fsp3) is 1.00. The average Bonchev–Trinajstić information content (AvgIpc) is 2.68. The van der Waals surface area contributed by atoms with Crippen molar-refractivity contribution < 1.29 is 5.11 Å². The van der Waals surface area contributed by atoms with Crippen molar-refractivity contribution in [1.82, 2.24) is 10.2 Å². The molecule has 17 heavy (non-hydrogen) atoms. The number of aliphatic hydroxyl groups excluding tert-OH is 1. The Morgan fingerprint density at radius 1 is 1.29 bits per heavy atom. The van der Waals surface area contributed by atoms with E-state index < -0.39 is 0 Å². The highest BCUT2D eigenvalue weighted by atomic mass is 16.3. The molecule has 0 amide bonds. The third-order valence-electron chi connectivity index (χ3n) is 4.90. The van der Waals surface area contributed by atoms with E-state index in [1.807, 2.05) is 0 Å². The van der Waals surface area contributed by atoms with Crippen LogP contribution in [0.25, 0.3) is 0 Å². The van der Waals surface area contributed by atoms with Gasteiger partial charge in [0, 0.05) is 37.2 Å². The third-order valence-corrected chi connectivity index (χ3v) is 4.90. The Bertz CT molecular complexity index is 228. The zero-order chi connectivity index (χ0) is 12.3. The summed E-state index contributed by atoms with van der Waals surface area (Å²) in [6.07, 6.45) is 7.60. The van der Waals surface area contributed by atoms with Gasteiger partial charge in [-0.15, -0.1) is 0 Å². The Kier molecular flexibility index (Phi) is 4.45. The normalized spacial score (nSPS) is 34.1. The maximum atomic E-state index is 9.67. The van der Waals surface area contributed by atoms with Gasteiger partial charge in [0.1, 0.15) is 0 Å². The molecule has 2 aliphatic rings. The fourth-order valence-electron chi connectivity index (χ4n) is 3.40. The van der Waals surface area contributed by atoms with E-state index in [2.05, 4.69) is 24.2 Å². The van der Waals surface area contributed by atoms with Crippen molar-refractivity contribution in [2.75, 3.05) is 26.7 Å². The Morgan fingerprint density at radius 3 is 2.53 bits per heavy atom. The molecule has 0 spiro atoms. The van der Waals surface area contributed by atoms with E-state index in [-0.39, 0.29) is 5.41 Å². The number of hydrogen-bond donors (Lipinski definition) is 2. The highest BCUT2D eigenvalue weighted by molar-refractivity contribution is 4.90. The van der Waals surface area contributed by atoms with Crippen LogP contribution in [0.15, 0.2) is 0 Å². The summed E-state index contributed by atoms with van der Waals surface area (Å²) >= 11 is 0. The van der Waals surface area contributed by atoms with Crippen LogP contribution in [0.3, 0.4) is 0 Å². The predicted octanol–water partition coefficient (Wildman–Crippen LogP) is 1.61. The molecule has 0 aromatic rings. The van der Waals surface area contributed by atoms with Crippen LogP contribution in [0, 0.1) is 5.41 Å². The molecule has 0 bridgehead atoms. The molecule has 0 aromatic carbocycles. The van der Waals surface area contributed by atoms with Crippen molar-refractivity contribution in [3.05, 3.63) is 0 Å². The first-order chi connectivity index (χ1) is 8.15. The summed E-state index contributed by atoms with van der Waals surface area (Å²) in [5.41, 5.74) is 0.183. The first-order valence-corrected chi connectivity index (χ1v) is 7.20. The molecule has 100 valence electrons. The molecule has 2 unspecified atom stereocenters. The lowest BCUT2D eigenvalue weighted by atomic mass is 9.74. The number of nitrogens with one attached hydrogen (secondary N) is 1. The number of aliphatic hydroxyl groups is 1. The van der Waals surface area contributed by atoms with Gasteiger partial charge in [0.05, 0.1) is 0 Å². The van der Waals surface area contributed by atoms with Crippen LogP contribution in [0.4, 0.5) is 0 Å². The smallest absolute Gasteiger partial charge is 0.0499 e. The SMILES string of the molecule is CC1CC(NCC2(CO)CCCCC2)CN1C. The van der Waals surface area contributed by atoms with Crippen LogP contribution in [-0.4, -0.2) is 48.8 Å². The second-order valence-corrected chi connectivity index (χ2v) is 6.32. The number of hydrogen-bond acceptors (Lipinski definition) is 3. The summed E-state index contributed by atoms with van der Waals surface area (Å²) in [4.78, 5) is 2.42. The topological polar surface area (TPSA) is 35.5 Å². The van der Waals surface area contributed by atoms with Gasteiger partial charge in [0.2, 0.25) is 0 Å². The molecule has 2 rings (SSSR count). The molecule has 3 nitrogen and oxygen atoms in total. The van der Waals surface area contributed by atoms with Crippen LogP contribution >= 0.6 is 0 Å². The van der Waals surface area contributed by atoms with E-state index in [9.17, 15) is 5.11 Å². The molecule has 2 fully saturated rings. The van der Waals surface area contributed by atoms with E-state index in [1.54, 1.807) is 0 Å². The number of likely N-dealkylation sites (N-methyl/N-ethyl adjacent to an activating group) is 1. The summed E-state index contributed by atoms with van der Waals surface area (Å²) in [6.45, 7) is 4.82. The second kappa shape index (κ2) is 5.68. The van der Waals surface area contributed by atoms with E-state index in [4.69, 9.17) is 0 Å². The van der Waals surface area contributed by atoms with E-state index in [0.717, 1.165) is 13.1 Å². The zero-order valence-electron chi connectivity index (χ0n) is 11.4. The highest BCUT2D eigenvalue weighted by Gasteiger charge is 2.33. The van der Waals surface area contributed by atoms with Crippen molar-refractivity contribution in [2.45, 2.75) is 57.5 Å². The lowest BCUT2D eigenvalue weighted by Gasteiger charge is -2.36. The first-order valence-electron chi connectivity index (χ1n) is 7.20. The standard InChI is InChI=1S/C14H28N2O/c1-12-8-13(9-16(12)2)15-10-14(11-17)6-4-3-5-7-14/h12-13,15,17H,3-11H2,1-2H3. The summed E-state index contributed by atoms with van der Waals surface area (Å²) in [6, 6.07) is 1.32. The van der Waals surface area contributed by atoms with Gasteiger partial charge in [-0.3, -0.25) is 0 Å². The molecule has 1 aliphatic carbocycles. The molecular weight excluding hydrogens is 212 g/mol. The lowest BCUT2D eigenvalue weighted by Crippen LogP contribution is -2.43. The van der Waals surface area contributed by atoms with Gasteiger partial charge in [-0.05, 0) is 33.2 Å². The molecule has 0 aromatic heterocycles. The summed E-state index contributed by atoms with van der Waals surface area (Å²) in [5.74, 6) is 0. The van der Waals surface area contributed by atoms with Crippen molar-refractivity contribution in [3.8, 4) is 0 Å². The maximum absolute atomic E-state index is 9.67. The fourth-order valence-corrected chi connectivity index (χ4v) is 3.40. The van der Waals surface area contributed by atoms with Gasteiger partial charge in [-0.2, -0.15) is 0 Å². The molecule has 2 atom stereocenters. The molecule has 3 heteroatoms. The first kappa shape index (κ1) is 13.3. The van der Waals surface area contributed by atoms with Gasteiger partial charge in [0.25, 0.3) is 0 Å². The summed E-state index contributed by atoms with van der Waals surface area (Å²) < 4.78 is 0. The van der Waals surface area contributed by atoms with Crippen LogP contribution in [0.2, 0.25) is 0 Å². The van der Waals surface area contributed by atoms with E-state index in [1.165, 1.54) is 38.5 Å². The van der Waals surface area contributed by atoms with E-state index >= 15 is 0 Å². The lowest BCUT2D eigenvalue weighted by molar-refractivity contribution is 0.0786. The highest BCUT2D eigenvalue weighted by Crippen LogP contribution is 2.35. The van der Waals surface area contributed by atoms with E-state index in [0.29, 0.717) is 18.7 Å². The van der Waals surface area contributed by atoms with Crippen LogP contribution in [0.1, 0.15) is 45.4 Å². The molecule has 0 radical (unpaired) electrons. The van der Waals surface area contributed by atoms with Crippen LogP contribution in [0.5, 0.6) is 0 Å². The Morgan fingerprint density at radius 2 is 2.00 bits per heavy atom. The number of nitrogens with zero attached hydrogens (tertiary/aromatic N) is 1. The quantitative estimate of drug-likeness (QED) is 0.784. The molecule has 1 saturated carbocycles. The number of rotatable bonds is 4. The predicted molar refractivity (Wildman–Crippen MR) is 71.1 cm³/mol. The van der Waals surface area contributed by atoms with Crippen molar-refractivity contribution >= 4 is 0 Å². The van der Waals surface area contributed by atoms with Crippen molar-refractivity contribution in [3.63, 3.8) is 0 Å². The summed E-state index contributed by atoms with van der Waals surface area (Å²) in [5, 5.41) is 13.4. The van der Waals surface area contributed by atoms with Gasteiger partial charge in [0.15, 0.2) is 0 Å². The van der Waals surface area contributed by atoms with Gasteiger partial charge >= 0.3 is 0 Å². The minimum atomic E-state index is 0.183. The molecule has 2 N–H and O–H groups in total. The molecule has 1 saturated heterocycles. The van der Waals surface area contributed by atoms with Crippen LogP contribution in [-0.2, 0) is 0 Å². The van der Waals surface area contributed by atoms with Gasteiger partial charge in [-0.1, -0.05) is 19.3 Å². The maximum Gasteiger partial charge on any atom is 0.0499 e.